The molecule has 0 amide bonds. The molecule has 3 heteroatoms. The first kappa shape index (κ1) is 9.94. The number of aliphatic hydroxyl groups is 1. The lowest BCUT2D eigenvalue weighted by molar-refractivity contribution is 0.318. The smallest absolute Gasteiger partial charge is 0.0602 e. The van der Waals surface area contributed by atoms with Crippen molar-refractivity contribution in [3.05, 3.63) is 30.3 Å². The van der Waals surface area contributed by atoms with Crippen molar-refractivity contribution in [1.82, 2.24) is 0 Å². The molecule has 0 saturated heterocycles. The van der Waals surface area contributed by atoms with Crippen LogP contribution in [0.15, 0.2) is 30.3 Å². The third-order valence-corrected chi connectivity index (χ3v) is 0.903. The van der Waals surface area contributed by atoms with Crippen molar-refractivity contribution >= 4 is 5.69 Å². The number of hydrogen-bond donors (Lipinski definition) is 3. The van der Waals surface area contributed by atoms with E-state index in [1.165, 1.54) is 0 Å². The second-order valence-electron chi connectivity index (χ2n) is 1.79. The Morgan fingerprint density at radius 2 is 1.73 bits per heavy atom. The SMILES string of the molecule is CCO.ONc1ccccc1. The third kappa shape index (κ3) is 5.39. The molecule has 0 aliphatic heterocycles. The molecule has 0 fully saturated rings. The van der Waals surface area contributed by atoms with E-state index in [-0.39, 0.29) is 6.61 Å². The first-order valence-electron chi connectivity index (χ1n) is 3.41. The van der Waals surface area contributed by atoms with Crippen LogP contribution in [0, 0.1) is 0 Å². The van der Waals surface area contributed by atoms with Crippen molar-refractivity contribution in [3.63, 3.8) is 0 Å². The molecule has 0 aromatic heterocycles. The van der Waals surface area contributed by atoms with Gasteiger partial charge in [-0.15, -0.1) is 0 Å². The highest BCUT2D eigenvalue weighted by molar-refractivity contribution is 5.39. The minimum atomic E-state index is 0.250. The Hall–Kier alpha value is -1.06. The maximum absolute atomic E-state index is 8.29. The fourth-order valence-electron chi connectivity index (χ4n) is 0.513. The molecule has 3 N–H and O–H groups in total. The zero-order chi connectivity index (χ0) is 8.53. The van der Waals surface area contributed by atoms with E-state index in [1.807, 2.05) is 23.7 Å². The summed E-state index contributed by atoms with van der Waals surface area (Å²) in [4.78, 5) is 0. The van der Waals surface area contributed by atoms with Gasteiger partial charge in [0.1, 0.15) is 0 Å². The Balaban J connectivity index is 0.000000292. The summed E-state index contributed by atoms with van der Waals surface area (Å²) < 4.78 is 0. The van der Waals surface area contributed by atoms with Gasteiger partial charge in [-0.05, 0) is 19.1 Å². The van der Waals surface area contributed by atoms with Gasteiger partial charge in [0.2, 0.25) is 0 Å². The lowest BCUT2D eigenvalue weighted by atomic mass is 10.3. The Labute approximate surface area is 66.3 Å². The first-order valence-corrected chi connectivity index (χ1v) is 3.41. The number of nitrogens with one attached hydrogen (secondary N) is 1. The fourth-order valence-corrected chi connectivity index (χ4v) is 0.513. The number of para-hydroxylation sites is 1. The molecule has 1 aromatic carbocycles. The van der Waals surface area contributed by atoms with E-state index in [0.717, 1.165) is 0 Å². The Morgan fingerprint density at radius 1 is 1.27 bits per heavy atom. The summed E-state index contributed by atoms with van der Waals surface area (Å²) >= 11 is 0. The van der Waals surface area contributed by atoms with Crippen LogP contribution in [0.25, 0.3) is 0 Å². The zero-order valence-corrected chi connectivity index (χ0v) is 6.49. The van der Waals surface area contributed by atoms with E-state index in [1.54, 1.807) is 19.1 Å². The number of hydrogen-bond acceptors (Lipinski definition) is 3. The lowest BCUT2D eigenvalue weighted by Gasteiger charge is -1.92. The molecule has 0 aliphatic carbocycles. The van der Waals surface area contributed by atoms with Gasteiger partial charge in [0.05, 0.1) is 5.69 Å². The van der Waals surface area contributed by atoms with Crippen molar-refractivity contribution in [2.45, 2.75) is 6.92 Å². The van der Waals surface area contributed by atoms with E-state index in [9.17, 15) is 0 Å². The van der Waals surface area contributed by atoms with Gasteiger partial charge >= 0.3 is 0 Å². The summed E-state index contributed by atoms with van der Waals surface area (Å²) in [6.07, 6.45) is 0. The highest BCUT2D eigenvalue weighted by Gasteiger charge is 1.79. The fraction of sp³-hybridized carbons (Fsp3) is 0.250. The normalized spacial score (nSPS) is 7.91. The van der Waals surface area contributed by atoms with Crippen LogP contribution in [0.1, 0.15) is 6.92 Å². The van der Waals surface area contributed by atoms with Gasteiger partial charge in [-0.1, -0.05) is 18.2 Å². The monoisotopic (exact) mass is 155 g/mol. The highest BCUT2D eigenvalue weighted by Crippen LogP contribution is 2.01. The number of anilines is 1. The molecule has 0 heterocycles. The van der Waals surface area contributed by atoms with Crippen molar-refractivity contribution < 1.29 is 10.3 Å². The Bertz CT molecular complexity index is 165. The van der Waals surface area contributed by atoms with Crippen molar-refractivity contribution in [1.29, 1.82) is 0 Å². The third-order valence-electron chi connectivity index (χ3n) is 0.903. The van der Waals surface area contributed by atoms with Gasteiger partial charge in [0.25, 0.3) is 0 Å². The maximum atomic E-state index is 8.29. The molecule has 1 rings (SSSR count). The van der Waals surface area contributed by atoms with Gasteiger partial charge in [0, 0.05) is 6.61 Å². The Morgan fingerprint density at radius 3 is 2.00 bits per heavy atom. The maximum Gasteiger partial charge on any atom is 0.0602 e. The molecule has 0 unspecified atom stereocenters. The van der Waals surface area contributed by atoms with Gasteiger partial charge in [0.15, 0.2) is 0 Å². The van der Waals surface area contributed by atoms with Crippen molar-refractivity contribution in [2.75, 3.05) is 12.1 Å². The van der Waals surface area contributed by atoms with Crippen LogP contribution in [-0.2, 0) is 0 Å². The summed E-state index contributed by atoms with van der Waals surface area (Å²) in [5.41, 5.74) is 2.74. The topological polar surface area (TPSA) is 52.5 Å². The molecular weight excluding hydrogens is 142 g/mol. The summed E-state index contributed by atoms with van der Waals surface area (Å²) in [6.45, 7) is 1.93. The van der Waals surface area contributed by atoms with Gasteiger partial charge < -0.3 is 5.11 Å². The van der Waals surface area contributed by atoms with Crippen LogP contribution >= 0.6 is 0 Å². The average Bonchev–Trinajstić information content (AvgIpc) is 2.08. The molecule has 11 heavy (non-hydrogen) atoms. The number of benzene rings is 1. The summed E-state index contributed by atoms with van der Waals surface area (Å²) in [6, 6.07) is 9.14. The Kier molecular flexibility index (Phi) is 6.37. The quantitative estimate of drug-likeness (QED) is 0.538. The van der Waals surface area contributed by atoms with E-state index in [0.29, 0.717) is 5.69 Å². The molecule has 1 aromatic rings. The van der Waals surface area contributed by atoms with Crippen LogP contribution in [-0.4, -0.2) is 16.9 Å². The van der Waals surface area contributed by atoms with E-state index in [4.69, 9.17) is 10.3 Å². The molecule has 0 radical (unpaired) electrons. The van der Waals surface area contributed by atoms with Gasteiger partial charge in [-0.2, -0.15) is 0 Å². The van der Waals surface area contributed by atoms with E-state index in [2.05, 4.69) is 0 Å². The molecule has 0 atom stereocenters. The average molecular weight is 155 g/mol. The molecule has 0 bridgehead atoms. The molecule has 0 saturated carbocycles. The predicted molar refractivity (Wildman–Crippen MR) is 44.6 cm³/mol. The summed E-state index contributed by atoms with van der Waals surface area (Å²) in [7, 11) is 0. The minimum absolute atomic E-state index is 0.250. The highest BCUT2D eigenvalue weighted by atomic mass is 16.5. The van der Waals surface area contributed by atoms with Crippen LogP contribution in [0.4, 0.5) is 5.69 Å². The largest absolute Gasteiger partial charge is 0.397 e. The molecule has 62 valence electrons. The summed E-state index contributed by atoms with van der Waals surface area (Å²) in [5, 5.41) is 15.9. The zero-order valence-electron chi connectivity index (χ0n) is 6.49. The van der Waals surface area contributed by atoms with E-state index < -0.39 is 0 Å². The minimum Gasteiger partial charge on any atom is -0.397 e. The number of rotatable bonds is 1. The molecular formula is C8H13NO2. The van der Waals surface area contributed by atoms with Crippen LogP contribution in [0.3, 0.4) is 0 Å². The molecule has 0 spiro atoms. The van der Waals surface area contributed by atoms with Crippen molar-refractivity contribution in [3.8, 4) is 0 Å². The standard InChI is InChI=1S/C6H7NO.C2H6O/c8-7-6-4-2-1-3-5-6;1-2-3/h1-5,7-8H;3H,2H2,1H3. The van der Waals surface area contributed by atoms with Crippen LogP contribution < -0.4 is 5.48 Å². The first-order chi connectivity index (χ1) is 5.35. The molecule has 0 aliphatic rings. The second-order valence-corrected chi connectivity index (χ2v) is 1.79. The van der Waals surface area contributed by atoms with Crippen LogP contribution in [0.5, 0.6) is 0 Å². The lowest BCUT2D eigenvalue weighted by Crippen LogP contribution is -1.85. The van der Waals surface area contributed by atoms with Gasteiger partial charge in [-0.3, -0.25) is 10.7 Å². The predicted octanol–water partition coefficient (Wildman–Crippen LogP) is 1.49. The van der Waals surface area contributed by atoms with E-state index >= 15 is 0 Å². The second kappa shape index (κ2) is 7.05. The van der Waals surface area contributed by atoms with Crippen molar-refractivity contribution in [2.24, 2.45) is 0 Å². The van der Waals surface area contributed by atoms with Gasteiger partial charge in [-0.25, -0.2) is 0 Å². The van der Waals surface area contributed by atoms with Crippen LogP contribution in [0.2, 0.25) is 0 Å². The molecule has 3 nitrogen and oxygen atoms in total. The number of aliphatic hydroxyl groups excluding tert-OH is 1. The summed E-state index contributed by atoms with van der Waals surface area (Å²) in [5.74, 6) is 0.